The summed E-state index contributed by atoms with van der Waals surface area (Å²) in [6.45, 7) is 2.39. The van der Waals surface area contributed by atoms with Gasteiger partial charge in [0.1, 0.15) is 11.6 Å². The number of nitrogens with one attached hydrogen (secondary N) is 1. The molecule has 2 aromatic carbocycles. The minimum atomic E-state index is -0.582. The van der Waals surface area contributed by atoms with Gasteiger partial charge in [-0.15, -0.1) is 0 Å². The molecule has 29 heavy (non-hydrogen) atoms. The summed E-state index contributed by atoms with van der Waals surface area (Å²) in [4.78, 5) is 12.9. The number of anilines is 2. The van der Waals surface area contributed by atoms with Gasteiger partial charge >= 0.3 is 0 Å². The van der Waals surface area contributed by atoms with Gasteiger partial charge in [-0.05, 0) is 36.5 Å². The normalized spacial score (nSPS) is 14.2. The van der Waals surface area contributed by atoms with Crippen molar-refractivity contribution >= 4 is 39.9 Å². The first kappa shape index (κ1) is 19.3. The standard InChI is InChI=1S/C20H19F2N5OS/c1-28-19-18(23-16-4-2-3-5-17(16)24-19)25-20(29)27-8-6-26(7-9-27)15-11-13(21)10-14(22)12-15/h2-5,10-12H,6-9H2,1H3,(H,23,25,29). The number of piperazine rings is 1. The Morgan fingerprint density at radius 2 is 1.62 bits per heavy atom. The summed E-state index contributed by atoms with van der Waals surface area (Å²) < 4.78 is 32.3. The molecule has 0 unspecified atom stereocenters. The number of aromatic nitrogens is 2. The van der Waals surface area contributed by atoms with Crippen molar-refractivity contribution < 1.29 is 13.5 Å². The van der Waals surface area contributed by atoms with Crippen molar-refractivity contribution in [1.29, 1.82) is 0 Å². The van der Waals surface area contributed by atoms with E-state index in [0.29, 0.717) is 48.7 Å². The first-order valence-electron chi connectivity index (χ1n) is 9.11. The van der Waals surface area contributed by atoms with Crippen molar-refractivity contribution in [3.8, 4) is 5.88 Å². The maximum Gasteiger partial charge on any atom is 0.258 e. The molecule has 1 fully saturated rings. The van der Waals surface area contributed by atoms with E-state index in [-0.39, 0.29) is 0 Å². The number of para-hydroxylation sites is 2. The van der Waals surface area contributed by atoms with Gasteiger partial charge in [0, 0.05) is 37.9 Å². The van der Waals surface area contributed by atoms with Gasteiger partial charge in [0.15, 0.2) is 10.9 Å². The number of nitrogens with zero attached hydrogens (tertiary/aromatic N) is 4. The lowest BCUT2D eigenvalue weighted by atomic mass is 10.2. The Labute approximate surface area is 172 Å². The lowest BCUT2D eigenvalue weighted by Gasteiger charge is -2.37. The predicted octanol–water partition coefficient (Wildman–Crippen LogP) is 3.44. The average molecular weight is 415 g/mol. The third-order valence-electron chi connectivity index (χ3n) is 4.74. The van der Waals surface area contributed by atoms with Crippen LogP contribution in [0.1, 0.15) is 0 Å². The van der Waals surface area contributed by atoms with Gasteiger partial charge < -0.3 is 19.9 Å². The van der Waals surface area contributed by atoms with E-state index in [1.807, 2.05) is 34.1 Å². The van der Waals surface area contributed by atoms with Crippen molar-refractivity contribution in [2.24, 2.45) is 0 Å². The number of ether oxygens (including phenoxy) is 1. The Morgan fingerprint density at radius 3 is 2.24 bits per heavy atom. The van der Waals surface area contributed by atoms with Gasteiger partial charge in [0.25, 0.3) is 5.88 Å². The number of fused-ring (bicyclic) bond motifs is 1. The van der Waals surface area contributed by atoms with Crippen molar-refractivity contribution in [2.45, 2.75) is 0 Å². The van der Waals surface area contributed by atoms with Crippen molar-refractivity contribution in [3.63, 3.8) is 0 Å². The molecule has 6 nitrogen and oxygen atoms in total. The topological polar surface area (TPSA) is 53.5 Å². The number of rotatable bonds is 3. The monoisotopic (exact) mass is 415 g/mol. The fraction of sp³-hybridized carbons (Fsp3) is 0.250. The van der Waals surface area contributed by atoms with E-state index >= 15 is 0 Å². The van der Waals surface area contributed by atoms with Crippen molar-refractivity contribution in [2.75, 3.05) is 43.5 Å². The van der Waals surface area contributed by atoms with Gasteiger partial charge in [0.2, 0.25) is 0 Å². The molecule has 1 aromatic heterocycles. The maximum atomic E-state index is 13.5. The highest BCUT2D eigenvalue weighted by Gasteiger charge is 2.21. The van der Waals surface area contributed by atoms with E-state index in [0.717, 1.165) is 17.1 Å². The molecule has 0 spiro atoms. The summed E-state index contributed by atoms with van der Waals surface area (Å²) in [6, 6.07) is 11.1. The second kappa shape index (κ2) is 8.12. The van der Waals surface area contributed by atoms with Crippen LogP contribution in [0.25, 0.3) is 11.0 Å². The zero-order valence-electron chi connectivity index (χ0n) is 15.7. The molecule has 1 aliphatic heterocycles. The smallest absolute Gasteiger partial charge is 0.258 e. The summed E-state index contributed by atoms with van der Waals surface area (Å²) in [5, 5.41) is 3.61. The lowest BCUT2D eigenvalue weighted by molar-refractivity contribution is 0.388. The predicted molar refractivity (Wildman–Crippen MR) is 112 cm³/mol. The SMILES string of the molecule is COc1nc2ccccc2nc1NC(=S)N1CCN(c2cc(F)cc(F)c2)CC1. The molecule has 0 saturated carbocycles. The van der Waals surface area contributed by atoms with E-state index < -0.39 is 11.6 Å². The molecule has 2 heterocycles. The van der Waals surface area contributed by atoms with Crippen LogP contribution in [0.2, 0.25) is 0 Å². The first-order chi connectivity index (χ1) is 14.0. The molecule has 4 rings (SSSR count). The molecule has 0 amide bonds. The van der Waals surface area contributed by atoms with E-state index in [1.165, 1.54) is 19.2 Å². The van der Waals surface area contributed by atoms with Crippen molar-refractivity contribution in [1.82, 2.24) is 14.9 Å². The number of hydrogen-bond acceptors (Lipinski definition) is 5. The van der Waals surface area contributed by atoms with E-state index in [1.54, 1.807) is 0 Å². The maximum absolute atomic E-state index is 13.5. The molecular weight excluding hydrogens is 396 g/mol. The fourth-order valence-electron chi connectivity index (χ4n) is 3.28. The van der Waals surface area contributed by atoms with E-state index in [2.05, 4.69) is 15.3 Å². The average Bonchev–Trinajstić information content (AvgIpc) is 2.72. The second-order valence-corrected chi connectivity index (χ2v) is 6.99. The number of hydrogen-bond donors (Lipinski definition) is 1. The van der Waals surface area contributed by atoms with Crippen LogP contribution < -0.4 is 15.0 Å². The van der Waals surface area contributed by atoms with Gasteiger partial charge in [-0.25, -0.2) is 18.7 Å². The van der Waals surface area contributed by atoms with Gasteiger partial charge in [-0.1, -0.05) is 12.1 Å². The van der Waals surface area contributed by atoms with Crippen LogP contribution in [0, 0.1) is 11.6 Å². The minimum absolute atomic E-state index is 0.361. The zero-order valence-corrected chi connectivity index (χ0v) is 16.5. The van der Waals surface area contributed by atoms with Crippen LogP contribution in [-0.2, 0) is 0 Å². The lowest BCUT2D eigenvalue weighted by Crippen LogP contribution is -2.50. The molecule has 1 aliphatic rings. The van der Waals surface area contributed by atoms with Gasteiger partial charge in [-0.2, -0.15) is 0 Å². The minimum Gasteiger partial charge on any atom is -0.478 e. The Hall–Kier alpha value is -3.07. The summed E-state index contributed by atoms with van der Waals surface area (Å²) >= 11 is 5.54. The zero-order chi connectivity index (χ0) is 20.4. The van der Waals surface area contributed by atoms with Gasteiger partial charge in [-0.3, -0.25) is 0 Å². The van der Waals surface area contributed by atoms with Crippen LogP contribution >= 0.6 is 12.2 Å². The van der Waals surface area contributed by atoms with Crippen LogP contribution in [0.4, 0.5) is 20.3 Å². The van der Waals surface area contributed by atoms with Crippen LogP contribution in [0.15, 0.2) is 42.5 Å². The van der Waals surface area contributed by atoms with Crippen LogP contribution in [-0.4, -0.2) is 53.3 Å². The number of halogens is 2. The molecule has 150 valence electrons. The molecule has 1 N–H and O–H groups in total. The van der Waals surface area contributed by atoms with Crippen LogP contribution in [0.5, 0.6) is 5.88 Å². The molecular formula is C20H19F2N5OS. The van der Waals surface area contributed by atoms with E-state index in [4.69, 9.17) is 17.0 Å². The number of methoxy groups -OCH3 is 1. The van der Waals surface area contributed by atoms with E-state index in [9.17, 15) is 8.78 Å². The highest BCUT2D eigenvalue weighted by Crippen LogP contribution is 2.24. The number of thiocarbonyl (C=S) groups is 1. The molecule has 0 bridgehead atoms. The highest BCUT2D eigenvalue weighted by atomic mass is 32.1. The van der Waals surface area contributed by atoms with Crippen LogP contribution in [0.3, 0.4) is 0 Å². The largest absolute Gasteiger partial charge is 0.478 e. The molecule has 1 saturated heterocycles. The molecule has 3 aromatic rings. The Balaban J connectivity index is 1.44. The third kappa shape index (κ3) is 4.19. The van der Waals surface area contributed by atoms with Gasteiger partial charge in [0.05, 0.1) is 18.1 Å². The highest BCUT2D eigenvalue weighted by molar-refractivity contribution is 7.80. The molecule has 9 heteroatoms. The van der Waals surface area contributed by atoms with Crippen molar-refractivity contribution in [3.05, 3.63) is 54.1 Å². The first-order valence-corrected chi connectivity index (χ1v) is 9.52. The quantitative estimate of drug-likeness (QED) is 0.658. The summed E-state index contributed by atoms with van der Waals surface area (Å²) in [6.07, 6.45) is 0. The number of benzene rings is 2. The summed E-state index contributed by atoms with van der Waals surface area (Å²) in [7, 11) is 1.53. The summed E-state index contributed by atoms with van der Waals surface area (Å²) in [5.41, 5.74) is 2.00. The third-order valence-corrected chi connectivity index (χ3v) is 5.10. The fourth-order valence-corrected chi connectivity index (χ4v) is 3.56. The Bertz CT molecular complexity index is 1040. The summed E-state index contributed by atoms with van der Waals surface area (Å²) in [5.74, 6) is -0.353. The Kier molecular flexibility index (Phi) is 5.39. The molecule has 0 atom stereocenters. The Morgan fingerprint density at radius 1 is 1.00 bits per heavy atom. The second-order valence-electron chi connectivity index (χ2n) is 6.60. The molecule has 0 radical (unpaired) electrons. The molecule has 0 aliphatic carbocycles.